The molecule has 1 atom stereocenters. The molecule has 1 fully saturated rings. The lowest BCUT2D eigenvalue weighted by Crippen LogP contribution is -2.21. The van der Waals surface area contributed by atoms with Gasteiger partial charge in [0.15, 0.2) is 6.23 Å². The van der Waals surface area contributed by atoms with Gasteiger partial charge < -0.3 is 10.5 Å². The summed E-state index contributed by atoms with van der Waals surface area (Å²) in [6.45, 7) is 5.25. The van der Waals surface area contributed by atoms with Crippen LogP contribution in [-0.2, 0) is 11.2 Å². The van der Waals surface area contributed by atoms with Crippen molar-refractivity contribution >= 4 is 5.82 Å². The minimum atomic E-state index is 0.0970. The van der Waals surface area contributed by atoms with Crippen molar-refractivity contribution in [3.63, 3.8) is 0 Å². The first-order valence-electron chi connectivity index (χ1n) is 6.12. The molecule has 0 aromatic carbocycles. The van der Waals surface area contributed by atoms with Gasteiger partial charge in [0, 0.05) is 18.4 Å². The Bertz CT molecular complexity index is 340. The fraction of sp³-hybridized carbons (Fsp3) is 0.750. The molecule has 4 nitrogen and oxygen atoms in total. The van der Waals surface area contributed by atoms with Crippen LogP contribution in [0.3, 0.4) is 0 Å². The molecule has 1 aliphatic rings. The van der Waals surface area contributed by atoms with E-state index in [0.717, 1.165) is 25.9 Å². The summed E-state index contributed by atoms with van der Waals surface area (Å²) in [7, 11) is 0. The maximum absolute atomic E-state index is 5.77. The second-order valence-electron chi connectivity index (χ2n) is 4.92. The first-order valence-corrected chi connectivity index (χ1v) is 6.12. The van der Waals surface area contributed by atoms with Crippen molar-refractivity contribution in [1.82, 2.24) is 9.78 Å². The number of nitrogens with zero attached hydrogens (tertiary/aromatic N) is 2. The van der Waals surface area contributed by atoms with Crippen LogP contribution in [0, 0.1) is 5.92 Å². The summed E-state index contributed by atoms with van der Waals surface area (Å²) in [4.78, 5) is 0. The third-order valence-electron chi connectivity index (χ3n) is 2.88. The second-order valence-corrected chi connectivity index (χ2v) is 4.92. The summed E-state index contributed by atoms with van der Waals surface area (Å²) in [6.07, 6.45) is 4.52. The minimum absolute atomic E-state index is 0.0970. The van der Waals surface area contributed by atoms with Crippen molar-refractivity contribution in [1.29, 1.82) is 0 Å². The molecule has 1 saturated heterocycles. The molecular weight excluding hydrogens is 202 g/mol. The van der Waals surface area contributed by atoms with E-state index >= 15 is 0 Å². The quantitative estimate of drug-likeness (QED) is 0.855. The van der Waals surface area contributed by atoms with Crippen LogP contribution in [0.25, 0.3) is 0 Å². The molecule has 0 spiro atoms. The summed E-state index contributed by atoms with van der Waals surface area (Å²) >= 11 is 0. The maximum atomic E-state index is 5.77. The summed E-state index contributed by atoms with van der Waals surface area (Å²) in [5.74, 6) is 1.21. The van der Waals surface area contributed by atoms with Gasteiger partial charge in [0.05, 0.1) is 0 Å². The summed E-state index contributed by atoms with van der Waals surface area (Å²) < 4.78 is 7.73. The zero-order valence-electron chi connectivity index (χ0n) is 10.1. The number of nitrogen functional groups attached to an aromatic ring is 1. The predicted molar refractivity (Wildman–Crippen MR) is 64.0 cm³/mol. The Kier molecular flexibility index (Phi) is 3.49. The van der Waals surface area contributed by atoms with Crippen molar-refractivity contribution in [2.45, 2.75) is 45.8 Å². The highest BCUT2D eigenvalue weighted by molar-refractivity contribution is 5.30. The van der Waals surface area contributed by atoms with E-state index in [1.54, 1.807) is 0 Å². The van der Waals surface area contributed by atoms with Gasteiger partial charge >= 0.3 is 0 Å². The Morgan fingerprint density at radius 1 is 1.56 bits per heavy atom. The topological polar surface area (TPSA) is 53.1 Å². The maximum Gasteiger partial charge on any atom is 0.150 e. The Morgan fingerprint density at radius 2 is 2.38 bits per heavy atom. The average Bonchev–Trinajstić information content (AvgIpc) is 2.60. The van der Waals surface area contributed by atoms with Crippen LogP contribution in [-0.4, -0.2) is 16.4 Å². The van der Waals surface area contributed by atoms with E-state index in [4.69, 9.17) is 10.5 Å². The zero-order valence-corrected chi connectivity index (χ0v) is 10.1. The van der Waals surface area contributed by atoms with E-state index in [9.17, 15) is 0 Å². The highest BCUT2D eigenvalue weighted by Gasteiger charge is 2.20. The van der Waals surface area contributed by atoms with Crippen LogP contribution in [0.1, 0.15) is 45.0 Å². The lowest BCUT2D eigenvalue weighted by Gasteiger charge is -2.24. The predicted octanol–water partition coefficient (Wildman–Crippen LogP) is 2.36. The highest BCUT2D eigenvalue weighted by atomic mass is 16.5. The SMILES string of the molecule is CC(C)Cc1cc(N)nn1C1CCCCO1. The van der Waals surface area contributed by atoms with E-state index < -0.39 is 0 Å². The van der Waals surface area contributed by atoms with Gasteiger partial charge in [0.1, 0.15) is 5.82 Å². The van der Waals surface area contributed by atoms with E-state index in [1.165, 1.54) is 12.1 Å². The van der Waals surface area contributed by atoms with Gasteiger partial charge in [-0.05, 0) is 31.6 Å². The smallest absolute Gasteiger partial charge is 0.150 e. The highest BCUT2D eigenvalue weighted by Crippen LogP contribution is 2.25. The van der Waals surface area contributed by atoms with Gasteiger partial charge in [-0.3, -0.25) is 0 Å². The normalized spacial score (nSPS) is 21.6. The molecule has 0 radical (unpaired) electrons. The van der Waals surface area contributed by atoms with Crippen LogP contribution in [0.2, 0.25) is 0 Å². The number of ether oxygens (including phenoxy) is 1. The first-order chi connectivity index (χ1) is 7.66. The molecule has 90 valence electrons. The average molecular weight is 223 g/mol. The zero-order chi connectivity index (χ0) is 11.5. The van der Waals surface area contributed by atoms with Gasteiger partial charge in [-0.15, -0.1) is 0 Å². The van der Waals surface area contributed by atoms with Crippen molar-refractivity contribution in [2.24, 2.45) is 5.92 Å². The van der Waals surface area contributed by atoms with E-state index in [-0.39, 0.29) is 6.23 Å². The molecule has 1 aromatic rings. The number of aromatic nitrogens is 2. The third kappa shape index (κ3) is 2.55. The third-order valence-corrected chi connectivity index (χ3v) is 2.88. The number of rotatable bonds is 3. The fourth-order valence-electron chi connectivity index (χ4n) is 2.19. The summed E-state index contributed by atoms with van der Waals surface area (Å²) in [5.41, 5.74) is 6.97. The monoisotopic (exact) mass is 223 g/mol. The van der Waals surface area contributed by atoms with Crippen molar-refractivity contribution in [3.05, 3.63) is 11.8 Å². The Balaban J connectivity index is 2.17. The number of hydrogen-bond donors (Lipinski definition) is 1. The van der Waals surface area contributed by atoms with Crippen molar-refractivity contribution in [3.8, 4) is 0 Å². The Morgan fingerprint density at radius 3 is 3.00 bits per heavy atom. The molecule has 0 bridgehead atoms. The largest absolute Gasteiger partial charge is 0.382 e. The van der Waals surface area contributed by atoms with Crippen LogP contribution >= 0.6 is 0 Å². The van der Waals surface area contributed by atoms with Crippen LogP contribution < -0.4 is 5.73 Å². The molecule has 0 aliphatic carbocycles. The van der Waals surface area contributed by atoms with Gasteiger partial charge in [-0.1, -0.05) is 13.8 Å². The lowest BCUT2D eigenvalue weighted by atomic mass is 10.1. The summed E-state index contributed by atoms with van der Waals surface area (Å²) in [5, 5.41) is 4.36. The first kappa shape index (κ1) is 11.5. The van der Waals surface area contributed by atoms with Crippen LogP contribution in [0.5, 0.6) is 0 Å². The van der Waals surface area contributed by atoms with Gasteiger partial charge in [-0.25, -0.2) is 4.68 Å². The van der Waals surface area contributed by atoms with Gasteiger partial charge in [-0.2, -0.15) is 5.10 Å². The molecule has 1 aromatic heterocycles. The van der Waals surface area contributed by atoms with E-state index in [0.29, 0.717) is 11.7 Å². The standard InChI is InChI=1S/C12H21N3O/c1-9(2)7-10-8-11(13)14-15(10)12-5-3-4-6-16-12/h8-9,12H,3-7H2,1-2H3,(H2,13,14). The van der Waals surface area contributed by atoms with Crippen molar-refractivity contribution < 1.29 is 4.74 Å². The van der Waals surface area contributed by atoms with E-state index in [2.05, 4.69) is 18.9 Å². The molecule has 16 heavy (non-hydrogen) atoms. The van der Waals surface area contributed by atoms with Crippen LogP contribution in [0.15, 0.2) is 6.07 Å². The minimum Gasteiger partial charge on any atom is -0.382 e. The van der Waals surface area contributed by atoms with Gasteiger partial charge in [0.2, 0.25) is 0 Å². The molecule has 1 unspecified atom stereocenters. The number of anilines is 1. The molecule has 0 saturated carbocycles. The second kappa shape index (κ2) is 4.87. The molecular formula is C12H21N3O. The fourth-order valence-corrected chi connectivity index (χ4v) is 2.19. The molecule has 4 heteroatoms. The van der Waals surface area contributed by atoms with E-state index in [1.807, 2.05) is 10.7 Å². The molecule has 0 amide bonds. The van der Waals surface area contributed by atoms with Gasteiger partial charge in [0.25, 0.3) is 0 Å². The number of nitrogens with two attached hydrogens (primary N) is 1. The van der Waals surface area contributed by atoms with Crippen LogP contribution in [0.4, 0.5) is 5.82 Å². The molecule has 2 heterocycles. The molecule has 2 rings (SSSR count). The molecule has 1 aliphatic heterocycles. The number of hydrogen-bond acceptors (Lipinski definition) is 3. The molecule has 2 N–H and O–H groups in total. The summed E-state index contributed by atoms with van der Waals surface area (Å²) in [6, 6.07) is 1.97. The van der Waals surface area contributed by atoms with Crippen molar-refractivity contribution in [2.75, 3.05) is 12.3 Å². The Labute approximate surface area is 96.8 Å². The lowest BCUT2D eigenvalue weighted by molar-refractivity contribution is -0.0411. The Hall–Kier alpha value is -1.03.